The SMILES string of the molecule is Nc1ccc(-c2cn3c(=O)n(-c4ccccc4)nc3c(N)n2)cc1. The van der Waals surface area contributed by atoms with Gasteiger partial charge in [0.25, 0.3) is 0 Å². The van der Waals surface area contributed by atoms with Gasteiger partial charge in [0, 0.05) is 17.4 Å². The Kier molecular flexibility index (Phi) is 3.06. The Morgan fingerprint density at radius 3 is 2.33 bits per heavy atom. The molecule has 4 N–H and O–H groups in total. The molecule has 2 aromatic carbocycles. The molecule has 0 saturated heterocycles. The highest BCUT2D eigenvalue weighted by Crippen LogP contribution is 2.21. The van der Waals surface area contributed by atoms with Gasteiger partial charge in [-0.15, -0.1) is 5.10 Å². The zero-order valence-corrected chi connectivity index (χ0v) is 12.6. The van der Waals surface area contributed by atoms with E-state index in [1.54, 1.807) is 30.5 Å². The molecule has 0 spiro atoms. The van der Waals surface area contributed by atoms with Crippen molar-refractivity contribution in [1.29, 1.82) is 0 Å². The standard InChI is InChI=1S/C17H14N6O/c18-12-8-6-11(7-9-12)14-10-22-16(15(19)20-14)21-23(17(22)24)13-4-2-1-3-5-13/h1-10H,18H2,(H2,19,20). The van der Waals surface area contributed by atoms with E-state index in [2.05, 4.69) is 10.1 Å². The summed E-state index contributed by atoms with van der Waals surface area (Å²) in [5, 5.41) is 4.29. The second-order valence-corrected chi connectivity index (χ2v) is 5.36. The van der Waals surface area contributed by atoms with Crippen molar-refractivity contribution in [1.82, 2.24) is 19.2 Å². The lowest BCUT2D eigenvalue weighted by Crippen LogP contribution is -2.19. The molecule has 0 aliphatic rings. The summed E-state index contributed by atoms with van der Waals surface area (Å²) in [6.07, 6.45) is 1.63. The highest BCUT2D eigenvalue weighted by atomic mass is 16.2. The maximum absolute atomic E-state index is 12.7. The van der Waals surface area contributed by atoms with Crippen molar-refractivity contribution in [2.45, 2.75) is 0 Å². The van der Waals surface area contributed by atoms with Crippen LogP contribution in [-0.4, -0.2) is 19.2 Å². The quantitative estimate of drug-likeness (QED) is 0.548. The molecule has 0 aliphatic heterocycles. The van der Waals surface area contributed by atoms with Crippen molar-refractivity contribution < 1.29 is 0 Å². The second-order valence-electron chi connectivity index (χ2n) is 5.36. The summed E-state index contributed by atoms with van der Waals surface area (Å²) >= 11 is 0. The molecular weight excluding hydrogens is 304 g/mol. The summed E-state index contributed by atoms with van der Waals surface area (Å²) in [5.41, 5.74) is 14.5. The summed E-state index contributed by atoms with van der Waals surface area (Å²) in [6.45, 7) is 0. The van der Waals surface area contributed by atoms with Gasteiger partial charge in [0.15, 0.2) is 5.82 Å². The summed E-state index contributed by atoms with van der Waals surface area (Å²) in [7, 11) is 0. The molecule has 0 unspecified atom stereocenters. The number of rotatable bonds is 2. The monoisotopic (exact) mass is 318 g/mol. The Labute approximate surface area is 136 Å². The van der Waals surface area contributed by atoms with E-state index in [-0.39, 0.29) is 11.5 Å². The van der Waals surface area contributed by atoms with Crippen molar-refractivity contribution in [3.8, 4) is 16.9 Å². The van der Waals surface area contributed by atoms with Gasteiger partial charge in [-0.2, -0.15) is 4.68 Å². The van der Waals surface area contributed by atoms with E-state index in [1.807, 2.05) is 30.3 Å². The van der Waals surface area contributed by atoms with Gasteiger partial charge in [-0.25, -0.2) is 14.2 Å². The average Bonchev–Trinajstić information content (AvgIpc) is 2.94. The number of benzene rings is 2. The zero-order chi connectivity index (χ0) is 16.7. The molecule has 0 fully saturated rings. The van der Waals surface area contributed by atoms with Gasteiger partial charge in [0.1, 0.15) is 0 Å². The van der Waals surface area contributed by atoms with Crippen molar-refractivity contribution in [3.05, 3.63) is 71.3 Å². The molecule has 0 saturated carbocycles. The Morgan fingerprint density at radius 1 is 0.917 bits per heavy atom. The molecule has 0 atom stereocenters. The number of nitrogen functional groups attached to an aromatic ring is 2. The van der Waals surface area contributed by atoms with Gasteiger partial charge in [0.2, 0.25) is 5.65 Å². The first kappa shape index (κ1) is 14.0. The van der Waals surface area contributed by atoms with Gasteiger partial charge in [-0.1, -0.05) is 30.3 Å². The Bertz CT molecular complexity index is 1080. The predicted molar refractivity (Wildman–Crippen MR) is 92.8 cm³/mol. The number of hydrogen-bond acceptors (Lipinski definition) is 5. The first-order valence-corrected chi connectivity index (χ1v) is 7.33. The van der Waals surface area contributed by atoms with Crippen LogP contribution in [0.5, 0.6) is 0 Å². The third-order valence-electron chi connectivity index (χ3n) is 3.74. The lowest BCUT2D eigenvalue weighted by Gasteiger charge is -2.03. The number of hydrogen-bond donors (Lipinski definition) is 2. The van der Waals surface area contributed by atoms with Crippen LogP contribution in [0.1, 0.15) is 0 Å². The second kappa shape index (κ2) is 5.24. The third kappa shape index (κ3) is 2.19. The van der Waals surface area contributed by atoms with Crippen LogP contribution in [0, 0.1) is 0 Å². The van der Waals surface area contributed by atoms with E-state index >= 15 is 0 Å². The topological polar surface area (TPSA) is 104 Å². The molecule has 0 radical (unpaired) electrons. The minimum Gasteiger partial charge on any atom is -0.399 e. The van der Waals surface area contributed by atoms with Crippen LogP contribution in [0.2, 0.25) is 0 Å². The van der Waals surface area contributed by atoms with Crippen LogP contribution in [-0.2, 0) is 0 Å². The maximum Gasteiger partial charge on any atom is 0.355 e. The third-order valence-corrected chi connectivity index (χ3v) is 3.74. The Morgan fingerprint density at radius 2 is 1.62 bits per heavy atom. The van der Waals surface area contributed by atoms with E-state index in [0.29, 0.717) is 22.7 Å². The number of aromatic nitrogens is 4. The molecule has 4 aromatic rings. The summed E-state index contributed by atoms with van der Waals surface area (Å²) < 4.78 is 2.71. The largest absolute Gasteiger partial charge is 0.399 e. The number of fused-ring (bicyclic) bond motifs is 1. The van der Waals surface area contributed by atoms with E-state index in [0.717, 1.165) is 5.56 Å². The first-order chi connectivity index (χ1) is 11.6. The number of nitrogens with two attached hydrogens (primary N) is 2. The molecular formula is C17H14N6O. The molecule has 2 heterocycles. The average molecular weight is 318 g/mol. The number of anilines is 2. The van der Waals surface area contributed by atoms with Crippen molar-refractivity contribution >= 4 is 17.2 Å². The lowest BCUT2D eigenvalue weighted by molar-refractivity contribution is 0.839. The van der Waals surface area contributed by atoms with E-state index in [9.17, 15) is 4.79 Å². The van der Waals surface area contributed by atoms with Gasteiger partial charge >= 0.3 is 5.69 Å². The van der Waals surface area contributed by atoms with Crippen LogP contribution in [0.3, 0.4) is 0 Å². The van der Waals surface area contributed by atoms with Gasteiger partial charge in [-0.3, -0.25) is 0 Å². The normalized spacial score (nSPS) is 11.0. The maximum atomic E-state index is 12.7. The zero-order valence-electron chi connectivity index (χ0n) is 12.6. The molecule has 0 bridgehead atoms. The molecule has 0 amide bonds. The lowest BCUT2D eigenvalue weighted by atomic mass is 10.1. The highest BCUT2D eigenvalue weighted by molar-refractivity contribution is 5.68. The van der Waals surface area contributed by atoms with E-state index in [1.165, 1.54) is 9.08 Å². The van der Waals surface area contributed by atoms with Gasteiger partial charge in [-0.05, 0) is 24.3 Å². The van der Waals surface area contributed by atoms with Crippen molar-refractivity contribution in [2.75, 3.05) is 11.5 Å². The van der Waals surface area contributed by atoms with Crippen LogP contribution in [0.15, 0.2) is 65.6 Å². The van der Waals surface area contributed by atoms with Crippen LogP contribution < -0.4 is 17.2 Å². The van der Waals surface area contributed by atoms with Crippen molar-refractivity contribution in [2.24, 2.45) is 0 Å². The molecule has 118 valence electrons. The summed E-state index contributed by atoms with van der Waals surface area (Å²) in [6, 6.07) is 16.4. The fourth-order valence-corrected chi connectivity index (χ4v) is 2.53. The van der Waals surface area contributed by atoms with Crippen LogP contribution >= 0.6 is 0 Å². The summed E-state index contributed by atoms with van der Waals surface area (Å²) in [4.78, 5) is 17.0. The predicted octanol–water partition coefficient (Wildman–Crippen LogP) is 1.71. The van der Waals surface area contributed by atoms with E-state index in [4.69, 9.17) is 11.5 Å². The minimum atomic E-state index is -0.304. The molecule has 0 aliphatic carbocycles. The molecule has 24 heavy (non-hydrogen) atoms. The number of para-hydroxylation sites is 1. The molecule has 7 heteroatoms. The summed E-state index contributed by atoms with van der Waals surface area (Å²) in [5.74, 6) is 0.191. The fourth-order valence-electron chi connectivity index (χ4n) is 2.53. The fraction of sp³-hybridized carbons (Fsp3) is 0. The van der Waals surface area contributed by atoms with E-state index < -0.39 is 0 Å². The number of nitrogens with zero attached hydrogens (tertiary/aromatic N) is 4. The molecule has 2 aromatic heterocycles. The smallest absolute Gasteiger partial charge is 0.355 e. The van der Waals surface area contributed by atoms with Gasteiger partial charge < -0.3 is 11.5 Å². The minimum absolute atomic E-state index is 0.191. The molecule has 7 nitrogen and oxygen atoms in total. The van der Waals surface area contributed by atoms with Crippen LogP contribution in [0.4, 0.5) is 11.5 Å². The Balaban J connectivity index is 1.94. The molecule has 4 rings (SSSR count). The van der Waals surface area contributed by atoms with Crippen LogP contribution in [0.25, 0.3) is 22.6 Å². The van der Waals surface area contributed by atoms with Gasteiger partial charge in [0.05, 0.1) is 11.4 Å². The van der Waals surface area contributed by atoms with Crippen molar-refractivity contribution in [3.63, 3.8) is 0 Å². The first-order valence-electron chi connectivity index (χ1n) is 7.33. The Hall–Kier alpha value is -3.61. The highest BCUT2D eigenvalue weighted by Gasteiger charge is 2.14.